The monoisotopic (exact) mass is 215 g/mol. The van der Waals surface area contributed by atoms with Crippen LogP contribution in [0.15, 0.2) is 12.2 Å². The average Bonchev–Trinajstić information content (AvgIpc) is 2.49. The summed E-state index contributed by atoms with van der Waals surface area (Å²) in [5.74, 6) is -0.0907. The first-order chi connectivity index (χ1) is 7.63. The van der Waals surface area contributed by atoms with Gasteiger partial charge in [0, 0.05) is 13.0 Å². The Hall–Kier alpha value is -1.65. The standard InChI is InChI=1S/C12H13N3O/c1-12-4-3-11(16)10(7-9(12)8-14)15(12)6-2-5-13/h3-4,9-10H,2,6-7H2,1H3. The molecule has 0 amide bonds. The molecule has 4 nitrogen and oxygen atoms in total. The van der Waals surface area contributed by atoms with Gasteiger partial charge in [0.1, 0.15) is 0 Å². The highest BCUT2D eigenvalue weighted by molar-refractivity contribution is 5.96. The second kappa shape index (κ2) is 3.73. The topological polar surface area (TPSA) is 67.9 Å². The van der Waals surface area contributed by atoms with Crippen LogP contribution in [0.1, 0.15) is 19.8 Å². The van der Waals surface area contributed by atoms with Crippen LogP contribution in [0.5, 0.6) is 0 Å². The molecule has 3 unspecified atom stereocenters. The first-order valence-electron chi connectivity index (χ1n) is 5.40. The van der Waals surface area contributed by atoms with Crippen molar-refractivity contribution in [2.24, 2.45) is 5.92 Å². The van der Waals surface area contributed by atoms with Gasteiger partial charge in [-0.25, -0.2) is 0 Å². The fourth-order valence-electron chi connectivity index (χ4n) is 2.72. The highest BCUT2D eigenvalue weighted by Gasteiger charge is 2.52. The van der Waals surface area contributed by atoms with Gasteiger partial charge in [0.05, 0.1) is 29.6 Å². The summed E-state index contributed by atoms with van der Waals surface area (Å²) in [6, 6.07) is 4.16. The smallest absolute Gasteiger partial charge is 0.172 e. The summed E-state index contributed by atoms with van der Waals surface area (Å²) in [4.78, 5) is 13.7. The van der Waals surface area contributed by atoms with Gasteiger partial charge in [0.25, 0.3) is 0 Å². The number of hydrogen-bond donors (Lipinski definition) is 0. The summed E-state index contributed by atoms with van der Waals surface area (Å²) >= 11 is 0. The lowest BCUT2D eigenvalue weighted by atomic mass is 9.87. The molecule has 82 valence electrons. The Balaban J connectivity index is 2.33. The van der Waals surface area contributed by atoms with Crippen LogP contribution in [0.25, 0.3) is 0 Å². The maximum absolute atomic E-state index is 11.7. The van der Waals surface area contributed by atoms with Gasteiger partial charge in [-0.2, -0.15) is 10.5 Å². The number of carbonyl (C=O) groups is 1. The van der Waals surface area contributed by atoms with Crippen molar-refractivity contribution in [3.8, 4) is 12.1 Å². The van der Waals surface area contributed by atoms with Crippen LogP contribution in [-0.4, -0.2) is 28.8 Å². The molecule has 1 saturated heterocycles. The number of carbonyl (C=O) groups excluding carboxylic acids is 1. The van der Waals surface area contributed by atoms with Gasteiger partial charge in [-0.05, 0) is 19.4 Å². The first-order valence-corrected chi connectivity index (χ1v) is 5.40. The molecule has 1 fully saturated rings. The summed E-state index contributed by atoms with van der Waals surface area (Å²) in [5.41, 5.74) is -0.371. The molecule has 0 aromatic rings. The van der Waals surface area contributed by atoms with Crippen molar-refractivity contribution in [2.75, 3.05) is 6.54 Å². The minimum Gasteiger partial charge on any atom is -0.293 e. The normalized spacial score (nSPS) is 37.1. The largest absolute Gasteiger partial charge is 0.293 e. The molecular formula is C12H13N3O. The molecule has 0 N–H and O–H groups in total. The van der Waals surface area contributed by atoms with E-state index in [2.05, 4.69) is 12.1 Å². The molecule has 3 atom stereocenters. The van der Waals surface area contributed by atoms with Crippen molar-refractivity contribution in [1.29, 1.82) is 10.5 Å². The van der Waals surface area contributed by atoms with E-state index in [0.29, 0.717) is 19.4 Å². The van der Waals surface area contributed by atoms with Crippen molar-refractivity contribution in [1.82, 2.24) is 4.90 Å². The number of nitriles is 2. The van der Waals surface area contributed by atoms with Gasteiger partial charge < -0.3 is 0 Å². The Morgan fingerprint density at radius 1 is 1.62 bits per heavy atom. The van der Waals surface area contributed by atoms with Crippen LogP contribution in [0.4, 0.5) is 0 Å². The molecule has 0 aromatic heterocycles. The molecule has 0 radical (unpaired) electrons. The lowest BCUT2D eigenvalue weighted by molar-refractivity contribution is -0.120. The average molecular weight is 215 g/mol. The second-order valence-electron chi connectivity index (χ2n) is 4.50. The van der Waals surface area contributed by atoms with Crippen LogP contribution < -0.4 is 0 Å². The Kier molecular flexibility index (Phi) is 2.53. The molecular weight excluding hydrogens is 202 g/mol. The van der Waals surface area contributed by atoms with Crippen molar-refractivity contribution in [3.63, 3.8) is 0 Å². The Bertz CT molecular complexity index is 429. The third-order valence-corrected chi connectivity index (χ3v) is 3.69. The molecule has 2 aliphatic rings. The van der Waals surface area contributed by atoms with Gasteiger partial charge in [-0.1, -0.05) is 6.08 Å². The van der Waals surface area contributed by atoms with E-state index < -0.39 is 0 Å². The van der Waals surface area contributed by atoms with E-state index in [9.17, 15) is 4.79 Å². The molecule has 4 heteroatoms. The molecule has 16 heavy (non-hydrogen) atoms. The predicted octanol–water partition coefficient (Wildman–Crippen LogP) is 1.01. The van der Waals surface area contributed by atoms with Gasteiger partial charge in [0.2, 0.25) is 0 Å². The number of nitrogens with zero attached hydrogens (tertiary/aromatic N) is 3. The Morgan fingerprint density at radius 3 is 3.00 bits per heavy atom. The molecule has 2 rings (SSSR count). The summed E-state index contributed by atoms with van der Waals surface area (Å²) in [7, 11) is 0. The maximum atomic E-state index is 11.7. The summed E-state index contributed by atoms with van der Waals surface area (Å²) < 4.78 is 0. The molecule has 2 bridgehead atoms. The molecule has 0 spiro atoms. The summed E-state index contributed by atoms with van der Waals surface area (Å²) in [6.07, 6.45) is 4.39. The van der Waals surface area contributed by atoms with E-state index in [0.717, 1.165) is 0 Å². The number of fused-ring (bicyclic) bond motifs is 2. The fourth-order valence-corrected chi connectivity index (χ4v) is 2.72. The lowest BCUT2D eigenvalue weighted by Gasteiger charge is -2.38. The van der Waals surface area contributed by atoms with Gasteiger partial charge in [0.15, 0.2) is 5.78 Å². The molecule has 0 aliphatic carbocycles. The summed E-state index contributed by atoms with van der Waals surface area (Å²) in [6.45, 7) is 2.53. The third-order valence-electron chi connectivity index (χ3n) is 3.69. The third kappa shape index (κ3) is 1.35. The van der Waals surface area contributed by atoms with E-state index >= 15 is 0 Å². The maximum Gasteiger partial charge on any atom is 0.172 e. The lowest BCUT2D eigenvalue weighted by Crippen LogP contribution is -2.51. The quantitative estimate of drug-likeness (QED) is 0.689. The second-order valence-corrected chi connectivity index (χ2v) is 4.50. The SMILES string of the molecule is CC12C=CC(=O)C(CC1C#N)N2CCC#N. The zero-order valence-corrected chi connectivity index (χ0v) is 9.18. The van der Waals surface area contributed by atoms with Crippen molar-refractivity contribution >= 4 is 5.78 Å². The van der Waals surface area contributed by atoms with Gasteiger partial charge >= 0.3 is 0 Å². The van der Waals surface area contributed by atoms with Crippen LogP contribution in [0.2, 0.25) is 0 Å². The van der Waals surface area contributed by atoms with E-state index in [1.165, 1.54) is 0 Å². The van der Waals surface area contributed by atoms with Gasteiger partial charge in [-0.15, -0.1) is 0 Å². The van der Waals surface area contributed by atoms with Crippen LogP contribution >= 0.6 is 0 Å². The highest BCUT2D eigenvalue weighted by Crippen LogP contribution is 2.42. The van der Waals surface area contributed by atoms with Crippen molar-refractivity contribution in [3.05, 3.63) is 12.2 Å². The van der Waals surface area contributed by atoms with Gasteiger partial charge in [-0.3, -0.25) is 9.69 Å². The van der Waals surface area contributed by atoms with E-state index in [-0.39, 0.29) is 23.3 Å². The molecule has 0 saturated carbocycles. The zero-order chi connectivity index (χ0) is 11.8. The number of hydrogen-bond acceptors (Lipinski definition) is 4. The van der Waals surface area contributed by atoms with E-state index in [1.807, 2.05) is 17.9 Å². The first kappa shape index (κ1) is 10.9. The molecule has 2 aliphatic heterocycles. The summed E-state index contributed by atoms with van der Waals surface area (Å²) in [5, 5.41) is 17.7. The van der Waals surface area contributed by atoms with Crippen molar-refractivity contribution in [2.45, 2.75) is 31.3 Å². The van der Waals surface area contributed by atoms with Crippen LogP contribution in [0, 0.1) is 28.6 Å². The molecule has 0 aromatic carbocycles. The van der Waals surface area contributed by atoms with E-state index in [1.54, 1.807) is 6.08 Å². The minimum absolute atomic E-state index is 0.0631. The predicted molar refractivity (Wildman–Crippen MR) is 57.0 cm³/mol. The van der Waals surface area contributed by atoms with Crippen molar-refractivity contribution < 1.29 is 4.79 Å². The zero-order valence-electron chi connectivity index (χ0n) is 9.18. The molecule has 2 heterocycles. The Labute approximate surface area is 94.8 Å². The number of rotatable bonds is 2. The minimum atomic E-state index is -0.371. The van der Waals surface area contributed by atoms with Crippen LogP contribution in [-0.2, 0) is 4.79 Å². The number of ketones is 1. The Morgan fingerprint density at radius 2 is 2.38 bits per heavy atom. The van der Waals surface area contributed by atoms with E-state index in [4.69, 9.17) is 10.5 Å². The van der Waals surface area contributed by atoms with Crippen LogP contribution in [0.3, 0.4) is 0 Å². The highest BCUT2D eigenvalue weighted by atomic mass is 16.1. The fraction of sp³-hybridized carbons (Fsp3) is 0.583.